The van der Waals surface area contributed by atoms with Gasteiger partial charge in [-0.15, -0.1) is 0 Å². The molecule has 0 aliphatic heterocycles. The van der Waals surface area contributed by atoms with E-state index < -0.39 is 17.6 Å². The molecule has 26 heavy (non-hydrogen) atoms. The van der Waals surface area contributed by atoms with Gasteiger partial charge in [0, 0.05) is 13.1 Å². The summed E-state index contributed by atoms with van der Waals surface area (Å²) in [5, 5.41) is 5.26. The van der Waals surface area contributed by atoms with Crippen molar-refractivity contribution in [2.45, 2.75) is 26.4 Å². The minimum atomic E-state index is -0.624. The van der Waals surface area contributed by atoms with E-state index in [1.807, 2.05) is 0 Å². The summed E-state index contributed by atoms with van der Waals surface area (Å²) in [5.74, 6) is -0.699. The lowest BCUT2D eigenvalue weighted by atomic mass is 10.2. The average molecular weight is 363 g/mol. The van der Waals surface area contributed by atoms with E-state index in [-0.39, 0.29) is 31.4 Å². The highest BCUT2D eigenvalue weighted by atomic mass is 16.6. The second-order valence-electron chi connectivity index (χ2n) is 6.32. The molecule has 1 rings (SSSR count). The van der Waals surface area contributed by atoms with Gasteiger partial charge in [-0.25, -0.2) is 4.79 Å². The van der Waals surface area contributed by atoms with Crippen molar-refractivity contribution in [1.82, 2.24) is 10.6 Å². The summed E-state index contributed by atoms with van der Waals surface area (Å²) >= 11 is 0. The van der Waals surface area contributed by atoms with Crippen molar-refractivity contribution >= 4 is 17.9 Å². The molecule has 142 valence electrons. The molecule has 1 aromatic carbocycles. The van der Waals surface area contributed by atoms with Crippen molar-refractivity contribution in [3.05, 3.63) is 42.0 Å². The van der Waals surface area contributed by atoms with Crippen LogP contribution in [0.15, 0.2) is 36.4 Å². The number of rotatable bonds is 8. The molecule has 0 spiro atoms. The van der Waals surface area contributed by atoms with Crippen molar-refractivity contribution in [2.24, 2.45) is 5.73 Å². The van der Waals surface area contributed by atoms with E-state index in [0.29, 0.717) is 5.56 Å². The van der Waals surface area contributed by atoms with E-state index in [1.165, 1.54) is 0 Å². The Morgan fingerprint density at radius 2 is 1.69 bits per heavy atom. The van der Waals surface area contributed by atoms with Gasteiger partial charge in [0.2, 0.25) is 0 Å². The first-order valence-corrected chi connectivity index (χ1v) is 8.09. The second kappa shape index (κ2) is 10.1. The van der Waals surface area contributed by atoms with Gasteiger partial charge in [-0.05, 0) is 32.9 Å². The van der Waals surface area contributed by atoms with Crippen molar-refractivity contribution in [3.8, 4) is 5.75 Å². The topological polar surface area (TPSA) is 120 Å². The maximum Gasteiger partial charge on any atom is 0.407 e. The Morgan fingerprint density at radius 3 is 2.31 bits per heavy atom. The Morgan fingerprint density at radius 1 is 1.08 bits per heavy atom. The molecular weight excluding hydrogens is 338 g/mol. The summed E-state index contributed by atoms with van der Waals surface area (Å²) in [6.45, 7) is 5.58. The Kier molecular flexibility index (Phi) is 8.14. The third-order valence-electron chi connectivity index (χ3n) is 2.81. The highest BCUT2D eigenvalue weighted by Crippen LogP contribution is 2.17. The van der Waals surface area contributed by atoms with Crippen LogP contribution in [0, 0.1) is 0 Å². The normalized spacial score (nSPS) is 11.0. The standard InChI is InChI=1S/C18H25N3O5/c1-18(2,3)26-17(24)21-11-7-6-10-20-16(23)13-8-4-5-9-14(13)25-12-15(19)22/h4-9H,10-12H2,1-3H3,(H2,19,22)(H,20,23)(H,21,24)/b7-6+. The van der Waals surface area contributed by atoms with Crippen molar-refractivity contribution in [2.75, 3.05) is 19.7 Å². The van der Waals surface area contributed by atoms with Crippen molar-refractivity contribution < 1.29 is 23.9 Å². The van der Waals surface area contributed by atoms with E-state index in [4.69, 9.17) is 15.2 Å². The monoisotopic (exact) mass is 363 g/mol. The second-order valence-corrected chi connectivity index (χ2v) is 6.32. The number of nitrogens with one attached hydrogen (secondary N) is 2. The van der Waals surface area contributed by atoms with Gasteiger partial charge in [0.25, 0.3) is 11.8 Å². The summed E-state index contributed by atoms with van der Waals surface area (Å²) in [7, 11) is 0. The molecule has 0 saturated carbocycles. The molecule has 0 aliphatic carbocycles. The van der Waals surface area contributed by atoms with Gasteiger partial charge in [0.15, 0.2) is 6.61 Å². The smallest absolute Gasteiger partial charge is 0.407 e. The molecule has 0 saturated heterocycles. The fraction of sp³-hybridized carbons (Fsp3) is 0.389. The number of hydrogen-bond acceptors (Lipinski definition) is 5. The van der Waals surface area contributed by atoms with E-state index in [0.717, 1.165) is 0 Å². The Hall–Kier alpha value is -3.03. The maximum absolute atomic E-state index is 12.2. The van der Waals surface area contributed by atoms with Crippen LogP contribution in [0.25, 0.3) is 0 Å². The lowest BCUT2D eigenvalue weighted by molar-refractivity contribution is -0.119. The lowest BCUT2D eigenvalue weighted by Crippen LogP contribution is -2.32. The summed E-state index contributed by atoms with van der Waals surface area (Å²) in [6.07, 6.45) is 2.88. The molecule has 0 atom stereocenters. The quantitative estimate of drug-likeness (QED) is 0.603. The van der Waals surface area contributed by atoms with Crippen LogP contribution in [-0.4, -0.2) is 43.2 Å². The fourth-order valence-corrected chi connectivity index (χ4v) is 1.80. The molecule has 0 aliphatic rings. The maximum atomic E-state index is 12.2. The Bertz CT molecular complexity index is 665. The van der Waals surface area contributed by atoms with Gasteiger partial charge in [0.05, 0.1) is 5.56 Å². The summed E-state index contributed by atoms with van der Waals surface area (Å²) in [5.41, 5.74) is 4.79. The highest BCUT2D eigenvalue weighted by molar-refractivity contribution is 5.97. The number of nitrogens with two attached hydrogens (primary N) is 1. The van der Waals surface area contributed by atoms with Gasteiger partial charge < -0.3 is 25.8 Å². The number of primary amides is 1. The molecule has 8 heteroatoms. The van der Waals surface area contributed by atoms with Gasteiger partial charge in [0.1, 0.15) is 11.4 Å². The third kappa shape index (κ3) is 8.72. The molecule has 0 unspecified atom stereocenters. The first-order valence-electron chi connectivity index (χ1n) is 8.09. The third-order valence-corrected chi connectivity index (χ3v) is 2.81. The summed E-state index contributed by atoms with van der Waals surface area (Å²) in [4.78, 5) is 34.4. The molecule has 0 heterocycles. The highest BCUT2D eigenvalue weighted by Gasteiger charge is 2.15. The van der Waals surface area contributed by atoms with Crippen LogP contribution < -0.4 is 21.1 Å². The molecule has 0 radical (unpaired) electrons. The largest absolute Gasteiger partial charge is 0.483 e. The predicted molar refractivity (Wildman–Crippen MR) is 96.8 cm³/mol. The number of carbonyl (C=O) groups excluding carboxylic acids is 3. The first-order chi connectivity index (χ1) is 12.2. The molecule has 3 amide bonds. The number of hydrogen-bond donors (Lipinski definition) is 3. The van der Waals surface area contributed by atoms with Crippen LogP contribution in [0.2, 0.25) is 0 Å². The SMILES string of the molecule is CC(C)(C)OC(=O)NC/C=C/CNC(=O)c1ccccc1OCC(N)=O. The van der Waals surface area contributed by atoms with Crippen LogP contribution in [0.3, 0.4) is 0 Å². The number of ether oxygens (including phenoxy) is 2. The number of carbonyl (C=O) groups is 3. The van der Waals surface area contributed by atoms with Gasteiger partial charge >= 0.3 is 6.09 Å². The van der Waals surface area contributed by atoms with Gasteiger partial charge in [-0.1, -0.05) is 24.3 Å². The number of amides is 3. The molecule has 8 nitrogen and oxygen atoms in total. The van der Waals surface area contributed by atoms with E-state index in [2.05, 4.69) is 10.6 Å². The van der Waals surface area contributed by atoms with Crippen molar-refractivity contribution in [1.29, 1.82) is 0 Å². The van der Waals surface area contributed by atoms with Crippen LogP contribution >= 0.6 is 0 Å². The van der Waals surface area contributed by atoms with Crippen LogP contribution in [-0.2, 0) is 9.53 Å². The minimum Gasteiger partial charge on any atom is -0.483 e. The first kappa shape index (κ1) is 21.0. The molecule has 0 bridgehead atoms. The van der Waals surface area contributed by atoms with Crippen LogP contribution in [0.4, 0.5) is 4.79 Å². The number of benzene rings is 1. The minimum absolute atomic E-state index is 0.263. The Balaban J connectivity index is 2.41. The lowest BCUT2D eigenvalue weighted by Gasteiger charge is -2.19. The Labute approximate surface area is 152 Å². The van der Waals surface area contributed by atoms with E-state index >= 15 is 0 Å². The van der Waals surface area contributed by atoms with E-state index in [1.54, 1.807) is 57.2 Å². The molecule has 4 N–H and O–H groups in total. The zero-order chi connectivity index (χ0) is 19.6. The van der Waals surface area contributed by atoms with Crippen LogP contribution in [0.1, 0.15) is 31.1 Å². The molecule has 0 aromatic heterocycles. The molecule has 0 fully saturated rings. The zero-order valence-corrected chi connectivity index (χ0v) is 15.2. The zero-order valence-electron chi connectivity index (χ0n) is 15.2. The van der Waals surface area contributed by atoms with E-state index in [9.17, 15) is 14.4 Å². The number of para-hydroxylation sites is 1. The molecule has 1 aromatic rings. The summed E-state index contributed by atoms with van der Waals surface area (Å²) in [6, 6.07) is 6.54. The average Bonchev–Trinajstić information content (AvgIpc) is 2.54. The fourth-order valence-electron chi connectivity index (χ4n) is 1.80. The van der Waals surface area contributed by atoms with Crippen molar-refractivity contribution in [3.63, 3.8) is 0 Å². The number of alkyl carbamates (subject to hydrolysis) is 1. The molecular formula is C18H25N3O5. The van der Waals surface area contributed by atoms with Gasteiger partial charge in [-0.3, -0.25) is 9.59 Å². The van der Waals surface area contributed by atoms with Crippen LogP contribution in [0.5, 0.6) is 5.75 Å². The predicted octanol–water partition coefficient (Wildman–Crippen LogP) is 1.36. The van der Waals surface area contributed by atoms with Gasteiger partial charge in [-0.2, -0.15) is 0 Å². The summed E-state index contributed by atoms with van der Waals surface area (Å²) < 4.78 is 10.3.